The molecule has 0 radical (unpaired) electrons. The van der Waals surface area contributed by atoms with E-state index in [9.17, 15) is 8.78 Å². The van der Waals surface area contributed by atoms with Gasteiger partial charge in [0.15, 0.2) is 0 Å². The number of rotatable bonds is 10. The van der Waals surface area contributed by atoms with Crippen LogP contribution in [-0.2, 0) is 0 Å². The Kier molecular flexibility index (Phi) is 9.96. The van der Waals surface area contributed by atoms with Crippen LogP contribution >= 0.6 is 11.6 Å². The van der Waals surface area contributed by atoms with E-state index in [0.717, 1.165) is 30.2 Å². The summed E-state index contributed by atoms with van der Waals surface area (Å²) in [5.41, 5.74) is 0.903. The molecule has 5 heteroatoms. The summed E-state index contributed by atoms with van der Waals surface area (Å²) in [6, 6.07) is 9.98. The second kappa shape index (κ2) is 12.4. The maximum atomic E-state index is 12.8. The third kappa shape index (κ3) is 7.51. The van der Waals surface area contributed by atoms with E-state index < -0.39 is 6.61 Å². The van der Waals surface area contributed by atoms with E-state index >= 15 is 0 Å². The van der Waals surface area contributed by atoms with Gasteiger partial charge in [-0.1, -0.05) is 87.7 Å². The van der Waals surface area contributed by atoms with Crippen molar-refractivity contribution in [1.82, 2.24) is 0 Å². The summed E-state index contributed by atoms with van der Waals surface area (Å²) in [4.78, 5) is 0. The van der Waals surface area contributed by atoms with Crippen molar-refractivity contribution in [2.45, 2.75) is 108 Å². The lowest BCUT2D eigenvalue weighted by Gasteiger charge is -2.30. The summed E-state index contributed by atoms with van der Waals surface area (Å²) in [7, 11) is -0.334. The molecule has 0 spiro atoms. The van der Waals surface area contributed by atoms with Crippen molar-refractivity contribution in [2.24, 2.45) is 11.8 Å². The van der Waals surface area contributed by atoms with Crippen molar-refractivity contribution in [2.75, 3.05) is 0 Å². The first-order valence-corrected chi connectivity index (χ1v) is 15.1. The fraction of sp³-hybridized carbons (Fsp3) is 0.760. The number of benzene rings is 1. The highest BCUT2D eigenvalue weighted by molar-refractivity contribution is 6.58. The number of hydrogen-bond acceptors (Lipinski definition) is 1. The number of hydrogen-bond donors (Lipinski definition) is 0. The van der Waals surface area contributed by atoms with Crippen LogP contribution in [0.15, 0.2) is 18.2 Å². The van der Waals surface area contributed by atoms with Crippen molar-refractivity contribution >= 4 is 20.4 Å². The average Bonchev–Trinajstić information content (AvgIpc) is 2.73. The Morgan fingerprint density at radius 3 is 2.23 bits per heavy atom. The molecule has 0 atom stereocenters. The van der Waals surface area contributed by atoms with Gasteiger partial charge in [0.25, 0.3) is 0 Å². The Labute approximate surface area is 188 Å². The molecule has 1 aromatic rings. The molecular formula is C25H39ClF2OSi. The Balaban J connectivity index is 1.35. The van der Waals surface area contributed by atoms with Gasteiger partial charge >= 0.3 is 6.61 Å². The molecule has 30 heavy (non-hydrogen) atoms. The molecule has 1 aliphatic carbocycles. The number of alkyl halides is 2. The lowest BCUT2D eigenvalue weighted by Crippen LogP contribution is -2.21. The van der Waals surface area contributed by atoms with Crippen LogP contribution in [0.3, 0.4) is 0 Å². The van der Waals surface area contributed by atoms with Gasteiger partial charge in [0.05, 0.1) is 0 Å². The fourth-order valence-corrected chi connectivity index (χ4v) is 9.62. The zero-order valence-corrected chi connectivity index (χ0v) is 20.5. The predicted molar refractivity (Wildman–Crippen MR) is 126 cm³/mol. The second-order valence-electron chi connectivity index (χ2n) is 9.74. The zero-order chi connectivity index (χ0) is 21.3. The van der Waals surface area contributed by atoms with E-state index in [2.05, 4.69) is 6.92 Å². The molecule has 0 aromatic heterocycles. The van der Waals surface area contributed by atoms with Gasteiger partial charge in [0.2, 0.25) is 0 Å². The van der Waals surface area contributed by atoms with Gasteiger partial charge in [-0.25, -0.2) is 0 Å². The lowest BCUT2D eigenvalue weighted by molar-refractivity contribution is -0.0507. The van der Waals surface area contributed by atoms with Crippen LogP contribution in [-0.4, -0.2) is 15.4 Å². The highest BCUT2D eigenvalue weighted by Gasteiger charge is 2.26. The van der Waals surface area contributed by atoms with Crippen molar-refractivity contribution in [3.63, 3.8) is 0 Å². The third-order valence-electron chi connectivity index (χ3n) is 7.62. The van der Waals surface area contributed by atoms with Crippen LogP contribution in [0.1, 0.15) is 89.0 Å². The standard InChI is InChI=1S/C25H39ClF2OSi/c1-2-15-30-16-13-20(14-17-30)6-4-3-5-19-7-9-21(10-8-19)23-12-11-22(26)18-24(23)29-25(27)28/h11-12,18-21,25,30H,2-10,13-17H2,1H3/t19-,20-,21-,30-. The molecule has 1 saturated heterocycles. The van der Waals surface area contributed by atoms with E-state index in [-0.39, 0.29) is 14.5 Å². The van der Waals surface area contributed by atoms with Gasteiger partial charge in [0, 0.05) is 13.8 Å². The summed E-state index contributed by atoms with van der Waals surface area (Å²) in [5, 5.41) is 0.448. The Hall–Kier alpha value is -0.613. The second-order valence-corrected chi connectivity index (χ2v) is 13.6. The Morgan fingerprint density at radius 2 is 1.63 bits per heavy atom. The van der Waals surface area contributed by atoms with Gasteiger partial charge in [-0.2, -0.15) is 8.78 Å². The molecule has 0 bridgehead atoms. The molecule has 0 N–H and O–H groups in total. The lowest BCUT2D eigenvalue weighted by atomic mass is 9.76. The van der Waals surface area contributed by atoms with Gasteiger partial charge in [-0.15, -0.1) is 0 Å². The Bertz CT molecular complexity index is 626. The largest absolute Gasteiger partial charge is 0.434 e. The molecule has 2 aliphatic rings. The average molecular weight is 457 g/mol. The molecule has 3 rings (SSSR count). The molecule has 170 valence electrons. The smallest absolute Gasteiger partial charge is 0.387 e. The molecule has 1 heterocycles. The molecule has 0 amide bonds. The van der Waals surface area contributed by atoms with Crippen molar-refractivity contribution in [3.8, 4) is 5.75 Å². The fourth-order valence-electron chi connectivity index (χ4n) is 5.89. The van der Waals surface area contributed by atoms with E-state index in [0.29, 0.717) is 10.9 Å². The van der Waals surface area contributed by atoms with Crippen LogP contribution in [0.4, 0.5) is 8.78 Å². The maximum Gasteiger partial charge on any atom is 0.387 e. The zero-order valence-electron chi connectivity index (χ0n) is 18.6. The molecule has 0 unspecified atom stereocenters. The minimum Gasteiger partial charge on any atom is -0.434 e. The first-order valence-electron chi connectivity index (χ1n) is 12.3. The minimum absolute atomic E-state index is 0.262. The van der Waals surface area contributed by atoms with Crippen LogP contribution in [0.5, 0.6) is 5.75 Å². The third-order valence-corrected chi connectivity index (χ3v) is 11.5. The highest BCUT2D eigenvalue weighted by atomic mass is 35.5. The van der Waals surface area contributed by atoms with Gasteiger partial charge in [-0.3, -0.25) is 0 Å². The summed E-state index contributed by atoms with van der Waals surface area (Å²) >= 11 is 5.99. The number of halogens is 3. The van der Waals surface area contributed by atoms with Crippen LogP contribution in [0, 0.1) is 11.8 Å². The highest BCUT2D eigenvalue weighted by Crippen LogP contribution is 2.42. The van der Waals surface area contributed by atoms with Gasteiger partial charge in [0.1, 0.15) is 5.75 Å². The topological polar surface area (TPSA) is 9.23 Å². The van der Waals surface area contributed by atoms with Crippen molar-refractivity contribution in [3.05, 3.63) is 28.8 Å². The summed E-state index contributed by atoms with van der Waals surface area (Å²) in [6.07, 6.45) is 14.5. The summed E-state index contributed by atoms with van der Waals surface area (Å²) in [6.45, 7) is -0.458. The molecule has 1 aliphatic heterocycles. The Morgan fingerprint density at radius 1 is 1.00 bits per heavy atom. The molecular weight excluding hydrogens is 418 g/mol. The molecule has 1 aromatic carbocycles. The molecule has 1 nitrogen and oxygen atoms in total. The first-order chi connectivity index (χ1) is 14.5. The number of ether oxygens (including phenoxy) is 1. The quantitative estimate of drug-likeness (QED) is 0.252. The van der Waals surface area contributed by atoms with E-state index in [1.54, 1.807) is 24.2 Å². The van der Waals surface area contributed by atoms with E-state index in [4.69, 9.17) is 16.3 Å². The SMILES string of the molecule is CCC[Si@H]1CC[C@H](CCCC[C@H]2CC[C@H](c3ccc(Cl)cc3OC(F)F)CC2)CC1. The maximum absolute atomic E-state index is 12.8. The number of unbranched alkanes of at least 4 members (excludes halogenated alkanes) is 1. The first kappa shape index (κ1) is 24.0. The van der Waals surface area contributed by atoms with Crippen molar-refractivity contribution < 1.29 is 13.5 Å². The monoisotopic (exact) mass is 456 g/mol. The van der Waals surface area contributed by atoms with Gasteiger partial charge in [-0.05, 0) is 61.1 Å². The predicted octanol–water partition coefficient (Wildman–Crippen LogP) is 8.82. The summed E-state index contributed by atoms with van der Waals surface area (Å²) in [5.74, 6) is 2.40. The van der Waals surface area contributed by atoms with Crippen LogP contribution in [0.25, 0.3) is 0 Å². The van der Waals surface area contributed by atoms with Crippen LogP contribution < -0.4 is 4.74 Å². The van der Waals surface area contributed by atoms with E-state index in [1.807, 2.05) is 6.07 Å². The normalized spacial score (nSPS) is 27.4. The molecule has 2 fully saturated rings. The van der Waals surface area contributed by atoms with Crippen molar-refractivity contribution in [1.29, 1.82) is 0 Å². The van der Waals surface area contributed by atoms with Gasteiger partial charge < -0.3 is 4.74 Å². The summed E-state index contributed by atoms with van der Waals surface area (Å²) < 4.78 is 30.3. The van der Waals surface area contributed by atoms with Crippen LogP contribution in [0.2, 0.25) is 23.2 Å². The van der Waals surface area contributed by atoms with E-state index in [1.165, 1.54) is 63.9 Å². The molecule has 1 saturated carbocycles. The minimum atomic E-state index is -2.80.